The summed E-state index contributed by atoms with van der Waals surface area (Å²) in [5.41, 5.74) is 0. The van der Waals surface area contributed by atoms with Crippen molar-refractivity contribution in [2.75, 3.05) is 32.7 Å². The van der Waals surface area contributed by atoms with E-state index in [-0.39, 0.29) is 18.3 Å². The van der Waals surface area contributed by atoms with Crippen LogP contribution in [-0.2, 0) is 4.79 Å². The molecule has 2 fully saturated rings. The van der Waals surface area contributed by atoms with Crippen molar-refractivity contribution in [3.8, 4) is 0 Å². The first kappa shape index (κ1) is 12.7. The van der Waals surface area contributed by atoms with Gasteiger partial charge in [-0.05, 0) is 19.9 Å². The number of carbonyl (C=O) groups excluding carboxylic acids is 1. The number of rotatable bonds is 1. The lowest BCUT2D eigenvalue weighted by atomic mass is 10.1. The zero-order chi connectivity index (χ0) is 9.97. The van der Waals surface area contributed by atoms with Crippen LogP contribution in [0.3, 0.4) is 0 Å². The second-order valence-electron chi connectivity index (χ2n) is 4.27. The molecule has 4 nitrogen and oxygen atoms in total. The van der Waals surface area contributed by atoms with Crippen molar-refractivity contribution in [3.05, 3.63) is 0 Å². The molecule has 0 aliphatic carbocycles. The van der Waals surface area contributed by atoms with Crippen LogP contribution in [0.15, 0.2) is 0 Å². The van der Waals surface area contributed by atoms with Gasteiger partial charge in [0.15, 0.2) is 0 Å². The van der Waals surface area contributed by atoms with Crippen LogP contribution in [0, 0.1) is 5.92 Å². The number of hydrogen-bond donors (Lipinski definition) is 2. The number of nitrogens with zero attached hydrogens (tertiary/aromatic N) is 1. The Bertz CT molecular complexity index is 219. The number of piperazine rings is 1. The fourth-order valence-corrected chi connectivity index (χ4v) is 2.27. The number of hydrogen-bond acceptors (Lipinski definition) is 3. The first-order valence-corrected chi connectivity index (χ1v) is 5.51. The number of halogens is 1. The molecule has 0 saturated carbocycles. The Morgan fingerprint density at radius 3 is 2.60 bits per heavy atom. The fourth-order valence-electron chi connectivity index (χ4n) is 2.27. The molecule has 0 radical (unpaired) electrons. The topological polar surface area (TPSA) is 44.4 Å². The first-order chi connectivity index (χ1) is 6.79. The predicted molar refractivity (Wildman–Crippen MR) is 62.3 cm³/mol. The van der Waals surface area contributed by atoms with Gasteiger partial charge in [0.2, 0.25) is 5.91 Å². The molecule has 2 saturated heterocycles. The molecule has 0 spiro atoms. The van der Waals surface area contributed by atoms with E-state index in [1.54, 1.807) is 0 Å². The highest BCUT2D eigenvalue weighted by Crippen LogP contribution is 2.14. The van der Waals surface area contributed by atoms with E-state index in [0.29, 0.717) is 11.9 Å². The average Bonchev–Trinajstić information content (AvgIpc) is 2.70. The first-order valence-electron chi connectivity index (χ1n) is 5.51. The van der Waals surface area contributed by atoms with Gasteiger partial charge in [-0.3, -0.25) is 4.79 Å². The molecule has 0 unspecified atom stereocenters. The highest BCUT2D eigenvalue weighted by Gasteiger charge is 2.30. The Balaban J connectivity index is 0.00000112. The summed E-state index contributed by atoms with van der Waals surface area (Å²) in [6.45, 7) is 6.73. The van der Waals surface area contributed by atoms with Crippen LogP contribution in [0.25, 0.3) is 0 Å². The molecule has 2 heterocycles. The van der Waals surface area contributed by atoms with Gasteiger partial charge in [0.1, 0.15) is 0 Å². The molecule has 5 heteroatoms. The van der Waals surface area contributed by atoms with E-state index < -0.39 is 0 Å². The fraction of sp³-hybridized carbons (Fsp3) is 0.900. The highest BCUT2D eigenvalue weighted by atomic mass is 35.5. The molecule has 0 aromatic carbocycles. The monoisotopic (exact) mass is 233 g/mol. The average molecular weight is 234 g/mol. The Labute approximate surface area is 97.2 Å². The summed E-state index contributed by atoms with van der Waals surface area (Å²) in [4.78, 5) is 14.1. The van der Waals surface area contributed by atoms with Crippen LogP contribution in [0.4, 0.5) is 0 Å². The van der Waals surface area contributed by atoms with E-state index in [1.165, 1.54) is 0 Å². The van der Waals surface area contributed by atoms with Crippen molar-refractivity contribution in [2.45, 2.75) is 19.4 Å². The van der Waals surface area contributed by atoms with E-state index in [9.17, 15) is 4.79 Å². The summed E-state index contributed by atoms with van der Waals surface area (Å²) in [5, 5.41) is 6.54. The van der Waals surface area contributed by atoms with E-state index in [1.807, 2.05) is 4.90 Å². The molecule has 2 rings (SSSR count). The molecule has 2 aliphatic rings. The van der Waals surface area contributed by atoms with Gasteiger partial charge in [-0.1, -0.05) is 0 Å². The zero-order valence-corrected chi connectivity index (χ0v) is 9.98. The standard InChI is InChI=1S/C10H19N3O.ClH/c1-8-6-12-4-5-13(8)10(14)9-2-3-11-7-9;/h8-9,11-12H,2-7H2,1H3;1H/t8-,9+;/m1./s1. The Hall–Kier alpha value is -0.320. The molecule has 2 aliphatic heterocycles. The Morgan fingerprint density at radius 1 is 1.27 bits per heavy atom. The van der Waals surface area contributed by atoms with Gasteiger partial charge < -0.3 is 15.5 Å². The maximum absolute atomic E-state index is 12.1. The minimum atomic E-state index is 0. The maximum atomic E-state index is 12.1. The van der Waals surface area contributed by atoms with Crippen LogP contribution >= 0.6 is 12.4 Å². The van der Waals surface area contributed by atoms with Gasteiger partial charge in [0, 0.05) is 32.2 Å². The summed E-state index contributed by atoms with van der Waals surface area (Å²) < 4.78 is 0. The van der Waals surface area contributed by atoms with Crippen LogP contribution in [0.1, 0.15) is 13.3 Å². The van der Waals surface area contributed by atoms with E-state index in [0.717, 1.165) is 39.1 Å². The third kappa shape index (κ3) is 2.83. The molecule has 0 bridgehead atoms. The molecule has 15 heavy (non-hydrogen) atoms. The van der Waals surface area contributed by atoms with Crippen molar-refractivity contribution in [3.63, 3.8) is 0 Å². The van der Waals surface area contributed by atoms with Crippen molar-refractivity contribution < 1.29 is 4.79 Å². The van der Waals surface area contributed by atoms with E-state index in [2.05, 4.69) is 17.6 Å². The summed E-state index contributed by atoms with van der Waals surface area (Å²) in [6, 6.07) is 0.358. The van der Waals surface area contributed by atoms with Crippen molar-refractivity contribution in [1.82, 2.24) is 15.5 Å². The van der Waals surface area contributed by atoms with E-state index in [4.69, 9.17) is 0 Å². The summed E-state index contributed by atoms with van der Waals surface area (Å²) in [5.74, 6) is 0.583. The Kier molecular flexibility index (Phi) is 4.83. The molecule has 88 valence electrons. The molecule has 2 N–H and O–H groups in total. The third-order valence-electron chi connectivity index (χ3n) is 3.19. The van der Waals surface area contributed by atoms with E-state index >= 15 is 0 Å². The summed E-state index contributed by atoms with van der Waals surface area (Å²) >= 11 is 0. The lowest BCUT2D eigenvalue weighted by Gasteiger charge is -2.35. The lowest BCUT2D eigenvalue weighted by molar-refractivity contribution is -0.137. The quantitative estimate of drug-likeness (QED) is 0.662. The second-order valence-corrected chi connectivity index (χ2v) is 4.27. The SMILES string of the molecule is C[C@@H]1CNCCN1C(=O)[C@H]1CCNC1.Cl. The highest BCUT2D eigenvalue weighted by molar-refractivity contribution is 5.85. The van der Waals surface area contributed by atoms with Crippen LogP contribution in [-0.4, -0.2) is 49.6 Å². The molecule has 2 atom stereocenters. The summed E-state index contributed by atoms with van der Waals surface area (Å²) in [6.07, 6.45) is 1.01. The minimum absolute atomic E-state index is 0. The van der Waals surface area contributed by atoms with Crippen molar-refractivity contribution >= 4 is 18.3 Å². The lowest BCUT2D eigenvalue weighted by Crippen LogP contribution is -2.54. The van der Waals surface area contributed by atoms with Crippen LogP contribution in [0.2, 0.25) is 0 Å². The van der Waals surface area contributed by atoms with Gasteiger partial charge in [-0.25, -0.2) is 0 Å². The smallest absolute Gasteiger partial charge is 0.227 e. The molecule has 1 amide bonds. The van der Waals surface area contributed by atoms with Crippen LogP contribution in [0.5, 0.6) is 0 Å². The summed E-state index contributed by atoms with van der Waals surface area (Å²) in [7, 11) is 0. The molecule has 0 aromatic heterocycles. The molecule has 0 aromatic rings. The maximum Gasteiger partial charge on any atom is 0.227 e. The van der Waals surface area contributed by atoms with Gasteiger partial charge in [-0.2, -0.15) is 0 Å². The minimum Gasteiger partial charge on any atom is -0.337 e. The Morgan fingerprint density at radius 2 is 2.00 bits per heavy atom. The molecular formula is C10H20ClN3O. The number of amides is 1. The van der Waals surface area contributed by atoms with Crippen molar-refractivity contribution in [1.29, 1.82) is 0 Å². The van der Waals surface area contributed by atoms with Crippen LogP contribution < -0.4 is 10.6 Å². The third-order valence-corrected chi connectivity index (χ3v) is 3.19. The normalized spacial score (nSPS) is 31.1. The second kappa shape index (κ2) is 5.68. The van der Waals surface area contributed by atoms with Gasteiger partial charge in [0.05, 0.1) is 5.92 Å². The van der Waals surface area contributed by atoms with Gasteiger partial charge in [0.25, 0.3) is 0 Å². The van der Waals surface area contributed by atoms with Crippen molar-refractivity contribution in [2.24, 2.45) is 5.92 Å². The molecular weight excluding hydrogens is 214 g/mol. The van der Waals surface area contributed by atoms with Gasteiger partial charge >= 0.3 is 0 Å². The zero-order valence-electron chi connectivity index (χ0n) is 9.16. The van der Waals surface area contributed by atoms with Gasteiger partial charge in [-0.15, -0.1) is 12.4 Å². The number of carbonyl (C=O) groups is 1. The largest absolute Gasteiger partial charge is 0.337 e. The number of nitrogens with one attached hydrogen (secondary N) is 2. The predicted octanol–water partition coefficient (Wildman–Crippen LogP) is -0.162.